The van der Waals surface area contributed by atoms with Crippen molar-refractivity contribution in [3.8, 4) is 0 Å². The van der Waals surface area contributed by atoms with Crippen molar-refractivity contribution in [1.82, 2.24) is 0 Å². The Kier molecular flexibility index (Phi) is 3.67. The third-order valence-electron chi connectivity index (χ3n) is 2.64. The molecule has 0 heterocycles. The Morgan fingerprint density at radius 1 is 1.40 bits per heavy atom. The molecule has 0 aliphatic rings. The number of benzene rings is 1. The smallest absolute Gasteiger partial charge is 0.314 e. The van der Waals surface area contributed by atoms with Crippen LogP contribution in [-0.2, 0) is 10.2 Å². The molecule has 1 atom stereocenters. The zero-order valence-electron chi connectivity index (χ0n) is 9.10. The lowest BCUT2D eigenvalue weighted by Crippen LogP contribution is -2.31. The van der Waals surface area contributed by atoms with Crippen LogP contribution in [-0.4, -0.2) is 11.1 Å². The van der Waals surface area contributed by atoms with Crippen molar-refractivity contribution < 1.29 is 9.90 Å². The largest absolute Gasteiger partial charge is 0.481 e. The summed E-state index contributed by atoms with van der Waals surface area (Å²) >= 11 is 0. The minimum absolute atomic E-state index is 0.517. The van der Waals surface area contributed by atoms with E-state index in [1.54, 1.807) is 6.92 Å². The molecular formula is C13H16O2. The standard InChI is InChI=1S/C13H16O2/c1-3-4-10-13(2,12(14)15)11-8-6-5-7-9-11/h3-9H,10H2,1-2H3,(H,14,15)/b4-3+/t13-/m0/s1. The molecule has 0 spiro atoms. The lowest BCUT2D eigenvalue weighted by molar-refractivity contribution is -0.143. The van der Waals surface area contributed by atoms with Crippen LogP contribution in [0.15, 0.2) is 42.5 Å². The molecule has 1 aromatic carbocycles. The summed E-state index contributed by atoms with van der Waals surface area (Å²) in [6, 6.07) is 9.34. The van der Waals surface area contributed by atoms with Crippen LogP contribution in [0.1, 0.15) is 25.8 Å². The highest BCUT2D eigenvalue weighted by molar-refractivity contribution is 5.81. The van der Waals surface area contributed by atoms with Gasteiger partial charge in [-0.2, -0.15) is 0 Å². The van der Waals surface area contributed by atoms with Gasteiger partial charge in [0.2, 0.25) is 0 Å². The Hall–Kier alpha value is -1.57. The van der Waals surface area contributed by atoms with Crippen molar-refractivity contribution in [2.45, 2.75) is 25.7 Å². The van der Waals surface area contributed by atoms with Crippen molar-refractivity contribution in [1.29, 1.82) is 0 Å². The molecule has 1 rings (SSSR count). The Bertz CT molecular complexity index is 354. The highest BCUT2D eigenvalue weighted by Crippen LogP contribution is 2.28. The number of allylic oxidation sites excluding steroid dienone is 2. The van der Waals surface area contributed by atoms with E-state index in [9.17, 15) is 9.90 Å². The molecule has 2 nitrogen and oxygen atoms in total. The summed E-state index contributed by atoms with van der Waals surface area (Å²) in [6.45, 7) is 3.65. The number of hydrogen-bond acceptors (Lipinski definition) is 1. The fraction of sp³-hybridized carbons (Fsp3) is 0.308. The lowest BCUT2D eigenvalue weighted by atomic mass is 9.79. The molecule has 0 saturated heterocycles. The summed E-state index contributed by atoms with van der Waals surface area (Å²) in [5.41, 5.74) is 0.0175. The summed E-state index contributed by atoms with van der Waals surface area (Å²) in [4.78, 5) is 11.3. The van der Waals surface area contributed by atoms with E-state index in [0.29, 0.717) is 6.42 Å². The zero-order chi connectivity index (χ0) is 11.3. The van der Waals surface area contributed by atoms with E-state index in [1.165, 1.54) is 0 Å². The first kappa shape index (κ1) is 11.5. The van der Waals surface area contributed by atoms with Crippen LogP contribution in [0.4, 0.5) is 0 Å². The number of aliphatic carboxylic acids is 1. The Morgan fingerprint density at radius 2 is 2.00 bits per heavy atom. The molecule has 0 aliphatic heterocycles. The fourth-order valence-electron chi connectivity index (χ4n) is 1.49. The molecule has 0 bridgehead atoms. The summed E-state index contributed by atoms with van der Waals surface area (Å²) in [5.74, 6) is -0.785. The average Bonchev–Trinajstić information content (AvgIpc) is 2.27. The molecule has 2 heteroatoms. The second-order valence-electron chi connectivity index (χ2n) is 3.78. The molecule has 0 unspecified atom stereocenters. The van der Waals surface area contributed by atoms with Gasteiger partial charge in [0.15, 0.2) is 0 Å². The topological polar surface area (TPSA) is 37.3 Å². The van der Waals surface area contributed by atoms with Gasteiger partial charge in [0.05, 0.1) is 5.41 Å². The Morgan fingerprint density at radius 3 is 2.47 bits per heavy atom. The zero-order valence-corrected chi connectivity index (χ0v) is 9.10. The van der Waals surface area contributed by atoms with Gasteiger partial charge in [0, 0.05) is 0 Å². The fourth-order valence-corrected chi connectivity index (χ4v) is 1.49. The van der Waals surface area contributed by atoms with Crippen molar-refractivity contribution >= 4 is 5.97 Å². The molecule has 0 fully saturated rings. The van der Waals surface area contributed by atoms with Crippen molar-refractivity contribution in [3.63, 3.8) is 0 Å². The normalized spacial score (nSPS) is 15.1. The summed E-state index contributed by atoms with van der Waals surface area (Å²) in [7, 11) is 0. The SMILES string of the molecule is C/C=C/C[C@](C)(C(=O)O)c1ccccc1. The molecule has 0 saturated carbocycles. The third kappa shape index (κ3) is 2.46. The first-order chi connectivity index (χ1) is 7.11. The summed E-state index contributed by atoms with van der Waals surface area (Å²) in [6.07, 6.45) is 4.29. The van der Waals surface area contributed by atoms with Gasteiger partial charge in [-0.15, -0.1) is 0 Å². The molecule has 0 aromatic heterocycles. The van der Waals surface area contributed by atoms with Crippen molar-refractivity contribution in [2.75, 3.05) is 0 Å². The third-order valence-corrected chi connectivity index (χ3v) is 2.64. The number of carboxylic acid groups (broad SMARTS) is 1. The second kappa shape index (κ2) is 4.78. The maximum atomic E-state index is 11.3. The van der Waals surface area contributed by atoms with Gasteiger partial charge < -0.3 is 5.11 Å². The predicted molar refractivity (Wildman–Crippen MR) is 60.9 cm³/mol. The molecule has 1 N–H and O–H groups in total. The lowest BCUT2D eigenvalue weighted by Gasteiger charge is -2.23. The van der Waals surface area contributed by atoms with E-state index in [0.717, 1.165) is 5.56 Å². The van der Waals surface area contributed by atoms with E-state index < -0.39 is 11.4 Å². The van der Waals surface area contributed by atoms with Gasteiger partial charge in [-0.25, -0.2) is 0 Å². The van der Waals surface area contributed by atoms with Crippen LogP contribution in [0.5, 0.6) is 0 Å². The van der Waals surface area contributed by atoms with E-state index in [1.807, 2.05) is 49.4 Å². The van der Waals surface area contributed by atoms with E-state index in [-0.39, 0.29) is 0 Å². The molecule has 80 valence electrons. The van der Waals surface area contributed by atoms with Crippen LogP contribution in [0.2, 0.25) is 0 Å². The van der Waals surface area contributed by atoms with Crippen molar-refractivity contribution in [3.05, 3.63) is 48.0 Å². The number of carboxylic acids is 1. The highest BCUT2D eigenvalue weighted by Gasteiger charge is 2.33. The quantitative estimate of drug-likeness (QED) is 0.765. The van der Waals surface area contributed by atoms with Gasteiger partial charge in [0.25, 0.3) is 0 Å². The van der Waals surface area contributed by atoms with Gasteiger partial charge in [0.1, 0.15) is 0 Å². The second-order valence-corrected chi connectivity index (χ2v) is 3.78. The van der Waals surface area contributed by atoms with Crippen LogP contribution < -0.4 is 0 Å². The van der Waals surface area contributed by atoms with Crippen LogP contribution in [0.25, 0.3) is 0 Å². The van der Waals surface area contributed by atoms with E-state index in [2.05, 4.69) is 0 Å². The average molecular weight is 204 g/mol. The maximum absolute atomic E-state index is 11.3. The minimum Gasteiger partial charge on any atom is -0.481 e. The molecule has 0 aliphatic carbocycles. The summed E-state index contributed by atoms with van der Waals surface area (Å²) < 4.78 is 0. The minimum atomic E-state index is -0.826. The van der Waals surface area contributed by atoms with Gasteiger partial charge in [-0.3, -0.25) is 4.79 Å². The van der Waals surface area contributed by atoms with E-state index in [4.69, 9.17) is 0 Å². The van der Waals surface area contributed by atoms with E-state index >= 15 is 0 Å². The molecule has 0 amide bonds. The monoisotopic (exact) mass is 204 g/mol. The number of hydrogen-bond donors (Lipinski definition) is 1. The summed E-state index contributed by atoms with van der Waals surface area (Å²) in [5, 5.41) is 9.28. The van der Waals surface area contributed by atoms with Crippen LogP contribution in [0, 0.1) is 0 Å². The molecule has 1 aromatic rings. The van der Waals surface area contributed by atoms with Crippen LogP contribution >= 0.6 is 0 Å². The number of rotatable bonds is 4. The highest BCUT2D eigenvalue weighted by atomic mass is 16.4. The number of carbonyl (C=O) groups is 1. The van der Waals surface area contributed by atoms with Crippen LogP contribution in [0.3, 0.4) is 0 Å². The Balaban J connectivity index is 3.07. The Labute approximate surface area is 90.3 Å². The molecule has 15 heavy (non-hydrogen) atoms. The molecule has 0 radical (unpaired) electrons. The van der Waals surface area contributed by atoms with Gasteiger partial charge in [-0.05, 0) is 25.8 Å². The molecular weight excluding hydrogens is 188 g/mol. The van der Waals surface area contributed by atoms with Crippen molar-refractivity contribution in [2.24, 2.45) is 0 Å². The van der Waals surface area contributed by atoms with Gasteiger partial charge in [-0.1, -0.05) is 42.5 Å². The van der Waals surface area contributed by atoms with Gasteiger partial charge >= 0.3 is 5.97 Å². The first-order valence-electron chi connectivity index (χ1n) is 5.01. The maximum Gasteiger partial charge on any atom is 0.314 e. The predicted octanol–water partition coefficient (Wildman–Crippen LogP) is 3.00. The first-order valence-corrected chi connectivity index (χ1v) is 5.01.